The van der Waals surface area contributed by atoms with E-state index in [1.807, 2.05) is 66.9 Å². The normalized spacial score (nSPS) is 12.2. The van der Waals surface area contributed by atoms with Crippen LogP contribution >= 0.6 is 23.1 Å². The standard InChI is InChI=1S/C25H25N3O2S2/c1-15(2)17-9-11-19(12-10-17)26-21(29)14-31-16(3)23-27-24(30)22-20(13-32-25(22)28-23)18-7-5-4-6-8-18/h4-13,15-16H,14H2,1-3H3,(H,26,29)(H,27,28,30). The van der Waals surface area contributed by atoms with Crippen LogP contribution in [0.3, 0.4) is 0 Å². The zero-order valence-corrected chi connectivity index (χ0v) is 19.8. The summed E-state index contributed by atoms with van der Waals surface area (Å²) in [7, 11) is 0. The van der Waals surface area contributed by atoms with Crippen molar-refractivity contribution >= 4 is 44.9 Å². The first-order valence-corrected chi connectivity index (χ1v) is 12.4. The Morgan fingerprint density at radius 3 is 2.50 bits per heavy atom. The van der Waals surface area contributed by atoms with Gasteiger partial charge in [0.05, 0.1) is 16.4 Å². The summed E-state index contributed by atoms with van der Waals surface area (Å²) >= 11 is 2.91. The molecule has 0 aliphatic rings. The highest BCUT2D eigenvalue weighted by Crippen LogP contribution is 2.32. The molecule has 32 heavy (non-hydrogen) atoms. The third-order valence-electron chi connectivity index (χ3n) is 5.26. The smallest absolute Gasteiger partial charge is 0.260 e. The van der Waals surface area contributed by atoms with Crippen molar-refractivity contribution in [2.75, 3.05) is 11.1 Å². The van der Waals surface area contributed by atoms with Gasteiger partial charge in [-0.25, -0.2) is 4.98 Å². The molecule has 1 amide bonds. The molecule has 0 radical (unpaired) electrons. The fraction of sp³-hybridized carbons (Fsp3) is 0.240. The van der Waals surface area contributed by atoms with E-state index >= 15 is 0 Å². The zero-order valence-electron chi connectivity index (χ0n) is 18.2. The van der Waals surface area contributed by atoms with E-state index in [1.165, 1.54) is 28.7 Å². The molecule has 2 aromatic carbocycles. The van der Waals surface area contributed by atoms with Gasteiger partial charge in [0.1, 0.15) is 10.7 Å². The van der Waals surface area contributed by atoms with Crippen molar-refractivity contribution in [2.24, 2.45) is 0 Å². The molecule has 0 aliphatic heterocycles. The van der Waals surface area contributed by atoms with Crippen LogP contribution in [0.1, 0.15) is 43.3 Å². The lowest BCUT2D eigenvalue weighted by molar-refractivity contribution is -0.113. The molecule has 0 bridgehead atoms. The Bertz CT molecular complexity index is 1280. The molecule has 0 saturated carbocycles. The summed E-state index contributed by atoms with van der Waals surface area (Å²) in [4.78, 5) is 33.5. The maximum absolute atomic E-state index is 12.8. The first-order valence-electron chi connectivity index (χ1n) is 10.5. The number of nitrogens with one attached hydrogen (secondary N) is 2. The number of H-pyrrole nitrogens is 1. The molecule has 7 heteroatoms. The average Bonchev–Trinajstić information content (AvgIpc) is 3.23. The second-order valence-corrected chi connectivity index (χ2v) is 10.1. The molecule has 4 aromatic rings. The second kappa shape index (κ2) is 9.71. The topological polar surface area (TPSA) is 74.8 Å². The van der Waals surface area contributed by atoms with E-state index in [0.717, 1.165) is 16.8 Å². The van der Waals surface area contributed by atoms with Gasteiger partial charge in [-0.3, -0.25) is 9.59 Å². The number of carbonyl (C=O) groups is 1. The number of rotatable bonds is 7. The number of hydrogen-bond donors (Lipinski definition) is 2. The summed E-state index contributed by atoms with van der Waals surface area (Å²) < 4.78 is 0. The number of carbonyl (C=O) groups excluding carboxylic acids is 1. The van der Waals surface area contributed by atoms with Crippen LogP contribution in [0.4, 0.5) is 5.69 Å². The van der Waals surface area contributed by atoms with Crippen LogP contribution < -0.4 is 10.9 Å². The first kappa shape index (κ1) is 22.3. The van der Waals surface area contributed by atoms with Crippen LogP contribution in [0.15, 0.2) is 64.8 Å². The lowest BCUT2D eigenvalue weighted by Crippen LogP contribution is -2.16. The van der Waals surface area contributed by atoms with Crippen LogP contribution in [0, 0.1) is 0 Å². The van der Waals surface area contributed by atoms with Gasteiger partial charge in [0.2, 0.25) is 5.91 Å². The summed E-state index contributed by atoms with van der Waals surface area (Å²) in [6.45, 7) is 6.23. The molecule has 2 heterocycles. The number of anilines is 1. The quantitative estimate of drug-likeness (QED) is 0.342. The minimum Gasteiger partial charge on any atom is -0.325 e. The van der Waals surface area contributed by atoms with Crippen molar-refractivity contribution in [1.29, 1.82) is 0 Å². The molecule has 0 fully saturated rings. The van der Waals surface area contributed by atoms with Gasteiger partial charge < -0.3 is 10.3 Å². The Morgan fingerprint density at radius 2 is 1.81 bits per heavy atom. The largest absolute Gasteiger partial charge is 0.325 e. The third-order valence-corrected chi connectivity index (χ3v) is 7.28. The zero-order chi connectivity index (χ0) is 22.7. The maximum Gasteiger partial charge on any atom is 0.260 e. The first-order chi connectivity index (χ1) is 15.4. The maximum atomic E-state index is 12.8. The third kappa shape index (κ3) is 4.95. The van der Waals surface area contributed by atoms with Crippen molar-refractivity contribution < 1.29 is 4.79 Å². The summed E-state index contributed by atoms with van der Waals surface area (Å²) in [6.07, 6.45) is 0. The molecule has 5 nitrogen and oxygen atoms in total. The number of nitrogens with zero attached hydrogens (tertiary/aromatic N) is 1. The van der Waals surface area contributed by atoms with Gasteiger partial charge in [0.15, 0.2) is 0 Å². The number of aromatic nitrogens is 2. The summed E-state index contributed by atoms with van der Waals surface area (Å²) in [5.41, 5.74) is 3.77. The van der Waals surface area contributed by atoms with Crippen molar-refractivity contribution in [3.05, 3.63) is 81.7 Å². The monoisotopic (exact) mass is 463 g/mol. The minimum atomic E-state index is -0.146. The molecular formula is C25H25N3O2S2. The van der Waals surface area contributed by atoms with Crippen molar-refractivity contribution in [1.82, 2.24) is 9.97 Å². The van der Waals surface area contributed by atoms with Crippen LogP contribution in [0.5, 0.6) is 0 Å². The lowest BCUT2D eigenvalue weighted by Gasteiger charge is -2.12. The van der Waals surface area contributed by atoms with E-state index < -0.39 is 0 Å². The molecule has 4 rings (SSSR count). The van der Waals surface area contributed by atoms with E-state index in [9.17, 15) is 9.59 Å². The molecule has 1 atom stereocenters. The Kier molecular flexibility index (Phi) is 6.77. The molecular weight excluding hydrogens is 438 g/mol. The van der Waals surface area contributed by atoms with E-state index in [0.29, 0.717) is 22.0 Å². The Morgan fingerprint density at radius 1 is 1.09 bits per heavy atom. The Balaban J connectivity index is 1.43. The molecule has 1 unspecified atom stereocenters. The fourth-order valence-electron chi connectivity index (χ4n) is 3.42. The number of thiophene rings is 1. The van der Waals surface area contributed by atoms with E-state index in [1.54, 1.807) is 0 Å². The van der Waals surface area contributed by atoms with Gasteiger partial charge in [-0.15, -0.1) is 23.1 Å². The molecule has 0 spiro atoms. The number of thioether (sulfide) groups is 1. The van der Waals surface area contributed by atoms with Crippen LogP contribution in [-0.4, -0.2) is 21.6 Å². The van der Waals surface area contributed by atoms with Gasteiger partial charge in [0.25, 0.3) is 5.56 Å². The number of amides is 1. The van der Waals surface area contributed by atoms with Gasteiger partial charge in [-0.2, -0.15) is 0 Å². The van der Waals surface area contributed by atoms with E-state index in [4.69, 9.17) is 0 Å². The van der Waals surface area contributed by atoms with Crippen molar-refractivity contribution in [3.63, 3.8) is 0 Å². The van der Waals surface area contributed by atoms with Crippen molar-refractivity contribution in [2.45, 2.75) is 31.9 Å². The molecule has 2 N–H and O–H groups in total. The van der Waals surface area contributed by atoms with E-state index in [2.05, 4.69) is 29.1 Å². The molecule has 0 aliphatic carbocycles. The predicted molar refractivity (Wildman–Crippen MR) is 136 cm³/mol. The second-order valence-electron chi connectivity index (χ2n) is 7.92. The summed E-state index contributed by atoms with van der Waals surface area (Å²) in [5.74, 6) is 1.23. The van der Waals surface area contributed by atoms with Gasteiger partial charge in [-0.1, -0.05) is 56.3 Å². The summed E-state index contributed by atoms with van der Waals surface area (Å²) in [5, 5.41) is 5.40. The minimum absolute atomic E-state index is 0.0786. The van der Waals surface area contributed by atoms with E-state index in [-0.39, 0.29) is 22.5 Å². The van der Waals surface area contributed by atoms with Crippen LogP contribution in [0.2, 0.25) is 0 Å². The van der Waals surface area contributed by atoms with Crippen LogP contribution in [-0.2, 0) is 4.79 Å². The lowest BCUT2D eigenvalue weighted by atomic mass is 10.0. The highest BCUT2D eigenvalue weighted by molar-refractivity contribution is 8.00. The van der Waals surface area contributed by atoms with Gasteiger partial charge in [-0.05, 0) is 36.1 Å². The molecule has 164 valence electrons. The van der Waals surface area contributed by atoms with Gasteiger partial charge >= 0.3 is 0 Å². The van der Waals surface area contributed by atoms with Crippen molar-refractivity contribution in [3.8, 4) is 11.1 Å². The van der Waals surface area contributed by atoms with Crippen LogP contribution in [0.25, 0.3) is 21.3 Å². The number of benzene rings is 2. The number of fused-ring (bicyclic) bond motifs is 1. The molecule has 0 saturated heterocycles. The number of aromatic amines is 1. The fourth-order valence-corrected chi connectivity index (χ4v) is 5.11. The summed E-state index contributed by atoms with van der Waals surface area (Å²) in [6, 6.07) is 17.8. The Labute approximate surface area is 195 Å². The van der Waals surface area contributed by atoms with Gasteiger partial charge in [0, 0.05) is 16.6 Å². The number of hydrogen-bond acceptors (Lipinski definition) is 5. The molecule has 2 aromatic heterocycles. The highest BCUT2D eigenvalue weighted by atomic mass is 32.2. The Hall–Kier alpha value is -2.90. The highest BCUT2D eigenvalue weighted by Gasteiger charge is 2.17. The predicted octanol–water partition coefficient (Wildman–Crippen LogP) is 6.21. The SMILES string of the molecule is CC(C)c1ccc(NC(=O)CSC(C)c2nc3scc(-c4ccccc4)c3c(=O)[nH]2)cc1. The average molecular weight is 464 g/mol.